The molecule has 1 amide bonds. The van der Waals surface area contributed by atoms with E-state index in [9.17, 15) is 9.59 Å². The highest BCUT2D eigenvalue weighted by Gasteiger charge is 2.18. The first-order valence-electron chi connectivity index (χ1n) is 4.64. The van der Waals surface area contributed by atoms with Gasteiger partial charge in [0.15, 0.2) is 0 Å². The molecule has 0 spiro atoms. The van der Waals surface area contributed by atoms with Crippen LogP contribution < -0.4 is 5.32 Å². The first kappa shape index (κ1) is 12.0. The fourth-order valence-corrected chi connectivity index (χ4v) is 1.09. The molecule has 1 rings (SSSR count). The minimum absolute atomic E-state index is 0.190. The Bertz CT molecular complexity index is 399. The van der Waals surface area contributed by atoms with Gasteiger partial charge in [0.2, 0.25) is 0 Å². The van der Waals surface area contributed by atoms with E-state index in [-0.39, 0.29) is 18.0 Å². The Morgan fingerprint density at radius 2 is 2.25 bits per heavy atom. The molecule has 1 aromatic rings. The van der Waals surface area contributed by atoms with Crippen LogP contribution in [-0.2, 0) is 16.5 Å². The first-order valence-corrected chi connectivity index (χ1v) is 4.64. The Balaban J connectivity index is 2.93. The maximum absolute atomic E-state index is 11.5. The molecular formula is C9H13N3O4. The number of methoxy groups -OCH3 is 1. The number of esters is 1. The Kier molecular flexibility index (Phi) is 3.87. The number of nitrogens with zero attached hydrogens (tertiary/aromatic N) is 2. The molecular weight excluding hydrogens is 214 g/mol. The van der Waals surface area contributed by atoms with Gasteiger partial charge in [-0.25, -0.2) is 9.59 Å². The molecule has 0 saturated carbocycles. The van der Waals surface area contributed by atoms with Crippen molar-refractivity contribution in [3.8, 4) is 0 Å². The number of hydrogen-bond donors (Lipinski definition) is 1. The van der Waals surface area contributed by atoms with Crippen LogP contribution in [0.25, 0.3) is 0 Å². The number of hydrogen-bond acceptors (Lipinski definition) is 5. The fraction of sp³-hybridized carbons (Fsp3) is 0.444. The van der Waals surface area contributed by atoms with Gasteiger partial charge in [-0.3, -0.25) is 10.00 Å². The zero-order chi connectivity index (χ0) is 12.1. The van der Waals surface area contributed by atoms with E-state index in [0.717, 1.165) is 0 Å². The number of anilines is 1. The molecule has 0 fully saturated rings. The van der Waals surface area contributed by atoms with Crippen LogP contribution in [0.2, 0.25) is 0 Å². The third-order valence-electron chi connectivity index (χ3n) is 1.84. The van der Waals surface area contributed by atoms with Gasteiger partial charge in [-0.1, -0.05) is 0 Å². The summed E-state index contributed by atoms with van der Waals surface area (Å²) < 4.78 is 10.6. The van der Waals surface area contributed by atoms with Crippen LogP contribution in [0.1, 0.15) is 17.3 Å². The molecule has 1 N–H and O–H groups in total. The van der Waals surface area contributed by atoms with Gasteiger partial charge in [-0.05, 0) is 6.92 Å². The van der Waals surface area contributed by atoms with Gasteiger partial charge in [0.05, 0.1) is 19.9 Å². The Hall–Kier alpha value is -2.05. The largest absolute Gasteiger partial charge is 0.462 e. The van der Waals surface area contributed by atoms with Crippen LogP contribution in [0.15, 0.2) is 6.20 Å². The SMILES string of the molecule is CCOC(=O)c1cnn(C)c1NC(=O)OC. The van der Waals surface area contributed by atoms with E-state index in [4.69, 9.17) is 4.74 Å². The van der Waals surface area contributed by atoms with E-state index in [2.05, 4.69) is 15.2 Å². The molecule has 88 valence electrons. The van der Waals surface area contributed by atoms with Crippen LogP contribution in [0.3, 0.4) is 0 Å². The maximum atomic E-state index is 11.5. The van der Waals surface area contributed by atoms with Crippen molar-refractivity contribution in [3.05, 3.63) is 11.8 Å². The maximum Gasteiger partial charge on any atom is 0.412 e. The van der Waals surface area contributed by atoms with Crippen molar-refractivity contribution in [1.82, 2.24) is 9.78 Å². The third kappa shape index (κ3) is 2.50. The quantitative estimate of drug-likeness (QED) is 0.771. The minimum Gasteiger partial charge on any atom is -0.462 e. The molecule has 0 atom stereocenters. The normalized spacial score (nSPS) is 9.69. The molecule has 0 bridgehead atoms. The molecule has 16 heavy (non-hydrogen) atoms. The lowest BCUT2D eigenvalue weighted by Crippen LogP contribution is -2.17. The average molecular weight is 227 g/mol. The number of aryl methyl sites for hydroxylation is 1. The van der Waals surface area contributed by atoms with E-state index in [0.29, 0.717) is 0 Å². The summed E-state index contributed by atoms with van der Waals surface area (Å²) in [6.07, 6.45) is 0.651. The lowest BCUT2D eigenvalue weighted by Gasteiger charge is -2.06. The van der Waals surface area contributed by atoms with Crippen molar-refractivity contribution >= 4 is 17.9 Å². The summed E-state index contributed by atoms with van der Waals surface area (Å²) in [5, 5.41) is 6.24. The predicted molar refractivity (Wildman–Crippen MR) is 55.2 cm³/mol. The average Bonchev–Trinajstić information content (AvgIpc) is 2.61. The predicted octanol–water partition coefficient (Wildman–Crippen LogP) is 0.775. The zero-order valence-electron chi connectivity index (χ0n) is 9.31. The molecule has 1 heterocycles. The van der Waals surface area contributed by atoms with Gasteiger partial charge in [0.1, 0.15) is 11.4 Å². The highest BCUT2D eigenvalue weighted by Crippen LogP contribution is 2.15. The van der Waals surface area contributed by atoms with E-state index in [1.165, 1.54) is 18.0 Å². The first-order chi connectivity index (χ1) is 7.60. The van der Waals surface area contributed by atoms with Gasteiger partial charge in [0, 0.05) is 7.05 Å². The summed E-state index contributed by atoms with van der Waals surface area (Å²) in [6, 6.07) is 0. The molecule has 0 aliphatic heterocycles. The lowest BCUT2D eigenvalue weighted by molar-refractivity contribution is 0.0527. The second-order valence-electron chi connectivity index (χ2n) is 2.87. The van der Waals surface area contributed by atoms with Crippen molar-refractivity contribution in [3.63, 3.8) is 0 Å². The molecule has 0 aromatic carbocycles. The number of amides is 1. The smallest absolute Gasteiger partial charge is 0.412 e. The summed E-state index contributed by atoms with van der Waals surface area (Å²) in [5.74, 6) is -0.299. The molecule has 7 nitrogen and oxygen atoms in total. The van der Waals surface area contributed by atoms with Gasteiger partial charge < -0.3 is 9.47 Å². The highest BCUT2D eigenvalue weighted by molar-refractivity contribution is 5.98. The summed E-state index contributed by atoms with van der Waals surface area (Å²) in [4.78, 5) is 22.5. The van der Waals surface area contributed by atoms with Crippen LogP contribution in [0.4, 0.5) is 10.6 Å². The van der Waals surface area contributed by atoms with Crippen molar-refractivity contribution in [2.75, 3.05) is 19.0 Å². The summed E-state index contributed by atoms with van der Waals surface area (Å²) in [6.45, 7) is 1.95. The molecule has 0 aliphatic rings. The van der Waals surface area contributed by atoms with Crippen molar-refractivity contribution in [2.24, 2.45) is 7.05 Å². The summed E-state index contributed by atoms with van der Waals surface area (Å²) in [7, 11) is 2.82. The monoisotopic (exact) mass is 227 g/mol. The number of ether oxygens (including phenoxy) is 2. The van der Waals surface area contributed by atoms with E-state index in [1.54, 1.807) is 14.0 Å². The summed E-state index contributed by atoms with van der Waals surface area (Å²) >= 11 is 0. The zero-order valence-corrected chi connectivity index (χ0v) is 9.31. The lowest BCUT2D eigenvalue weighted by atomic mass is 10.3. The molecule has 1 aromatic heterocycles. The fourth-order valence-electron chi connectivity index (χ4n) is 1.09. The molecule has 0 unspecified atom stereocenters. The number of nitrogens with one attached hydrogen (secondary N) is 1. The second kappa shape index (κ2) is 5.15. The molecule has 7 heteroatoms. The van der Waals surface area contributed by atoms with Crippen LogP contribution >= 0.6 is 0 Å². The van der Waals surface area contributed by atoms with Gasteiger partial charge in [-0.15, -0.1) is 0 Å². The number of carbonyl (C=O) groups excluding carboxylic acids is 2. The third-order valence-corrected chi connectivity index (χ3v) is 1.84. The Morgan fingerprint density at radius 3 is 2.81 bits per heavy atom. The molecule has 0 aliphatic carbocycles. The van der Waals surface area contributed by atoms with Crippen molar-refractivity contribution < 1.29 is 19.1 Å². The van der Waals surface area contributed by atoms with Gasteiger partial charge >= 0.3 is 12.1 Å². The molecule has 0 radical (unpaired) electrons. The Morgan fingerprint density at radius 1 is 1.56 bits per heavy atom. The summed E-state index contributed by atoms with van der Waals surface area (Å²) in [5.41, 5.74) is 0.190. The van der Waals surface area contributed by atoms with Gasteiger partial charge in [-0.2, -0.15) is 5.10 Å². The number of carbonyl (C=O) groups is 2. The Labute approximate surface area is 92.3 Å². The number of aromatic nitrogens is 2. The minimum atomic E-state index is -0.672. The van der Waals surface area contributed by atoms with Crippen molar-refractivity contribution in [1.29, 1.82) is 0 Å². The molecule has 0 saturated heterocycles. The standard InChI is InChI=1S/C9H13N3O4/c1-4-16-8(13)6-5-10-12(2)7(6)11-9(14)15-3/h5H,4H2,1-3H3,(H,11,14). The topological polar surface area (TPSA) is 82.5 Å². The number of rotatable bonds is 3. The van der Waals surface area contributed by atoms with E-state index in [1.807, 2.05) is 0 Å². The second-order valence-corrected chi connectivity index (χ2v) is 2.87. The van der Waals surface area contributed by atoms with Crippen molar-refractivity contribution in [2.45, 2.75) is 6.92 Å². The van der Waals surface area contributed by atoms with E-state index < -0.39 is 12.1 Å². The highest BCUT2D eigenvalue weighted by atomic mass is 16.5. The van der Waals surface area contributed by atoms with Gasteiger partial charge in [0.25, 0.3) is 0 Å². The van der Waals surface area contributed by atoms with Crippen LogP contribution in [0, 0.1) is 0 Å². The van der Waals surface area contributed by atoms with Crippen LogP contribution in [0.5, 0.6) is 0 Å². The van der Waals surface area contributed by atoms with E-state index >= 15 is 0 Å². The van der Waals surface area contributed by atoms with Crippen LogP contribution in [-0.4, -0.2) is 35.6 Å².